The Balaban J connectivity index is 1.95. The third-order valence-corrected chi connectivity index (χ3v) is 2.53. The van der Waals surface area contributed by atoms with Crippen molar-refractivity contribution in [2.75, 3.05) is 26.3 Å². The zero-order valence-electron chi connectivity index (χ0n) is 8.58. The zero-order chi connectivity index (χ0) is 10.5. The first kappa shape index (κ1) is 10.5. The molecular formula is C11H15FN2O. The van der Waals surface area contributed by atoms with Crippen molar-refractivity contribution in [3.05, 3.63) is 29.8 Å². The minimum absolute atomic E-state index is 0.407. The average molecular weight is 210 g/mol. The molecule has 0 bridgehead atoms. The fourth-order valence-electron chi connectivity index (χ4n) is 1.79. The normalized spacial score (nSPS) is 22.3. The monoisotopic (exact) mass is 210 g/mol. The number of halogens is 1. The van der Waals surface area contributed by atoms with Crippen LogP contribution < -0.4 is 5.32 Å². The van der Waals surface area contributed by atoms with Gasteiger partial charge in [0.15, 0.2) is 0 Å². The fraction of sp³-hybridized carbons (Fsp3) is 0.545. The lowest BCUT2D eigenvalue weighted by Crippen LogP contribution is -2.24. The minimum atomic E-state index is -0.407. The zero-order valence-corrected chi connectivity index (χ0v) is 8.58. The molecule has 1 N–H and O–H groups in total. The van der Waals surface area contributed by atoms with Gasteiger partial charge in [-0.3, -0.25) is 0 Å². The third kappa shape index (κ3) is 3.25. The Labute approximate surface area is 88.7 Å². The minimum Gasteiger partial charge on any atom is -0.380 e. The molecule has 0 aliphatic carbocycles. The van der Waals surface area contributed by atoms with Crippen LogP contribution in [0.4, 0.5) is 4.39 Å². The largest absolute Gasteiger partial charge is 0.380 e. The lowest BCUT2D eigenvalue weighted by molar-refractivity contribution is 0.123. The van der Waals surface area contributed by atoms with E-state index in [4.69, 9.17) is 4.74 Å². The van der Waals surface area contributed by atoms with Crippen LogP contribution in [0.15, 0.2) is 18.3 Å². The Kier molecular flexibility index (Phi) is 3.64. The molecule has 0 radical (unpaired) electrons. The molecule has 3 nitrogen and oxygen atoms in total. The van der Waals surface area contributed by atoms with Crippen molar-refractivity contribution < 1.29 is 9.13 Å². The Morgan fingerprint density at radius 2 is 2.53 bits per heavy atom. The van der Waals surface area contributed by atoms with Crippen LogP contribution in [-0.2, 0) is 11.2 Å². The van der Waals surface area contributed by atoms with Crippen LogP contribution in [0.3, 0.4) is 0 Å². The highest BCUT2D eigenvalue weighted by Crippen LogP contribution is 2.10. The summed E-state index contributed by atoms with van der Waals surface area (Å²) in [4.78, 5) is 3.54. The summed E-state index contributed by atoms with van der Waals surface area (Å²) in [5.74, 6) is 0.0179. The lowest BCUT2D eigenvalue weighted by Gasteiger charge is -2.13. The number of pyridine rings is 1. The van der Waals surface area contributed by atoms with Crippen LogP contribution in [0.5, 0.6) is 0 Å². The third-order valence-electron chi connectivity index (χ3n) is 2.53. The van der Waals surface area contributed by atoms with Gasteiger partial charge in [0.1, 0.15) is 0 Å². The molecule has 0 aromatic carbocycles. The maximum absolute atomic E-state index is 12.8. The summed E-state index contributed by atoms with van der Waals surface area (Å²) < 4.78 is 18.3. The highest BCUT2D eigenvalue weighted by Gasteiger charge is 2.13. The van der Waals surface area contributed by atoms with Gasteiger partial charge in [-0.05, 0) is 30.0 Å². The highest BCUT2D eigenvalue weighted by atomic mass is 19.1. The van der Waals surface area contributed by atoms with Crippen molar-refractivity contribution in [1.82, 2.24) is 10.3 Å². The van der Waals surface area contributed by atoms with Crippen molar-refractivity contribution in [3.63, 3.8) is 0 Å². The Morgan fingerprint density at radius 1 is 1.60 bits per heavy atom. The molecule has 0 amide bonds. The molecule has 1 fully saturated rings. The van der Waals surface area contributed by atoms with E-state index in [0.29, 0.717) is 5.92 Å². The van der Waals surface area contributed by atoms with Crippen LogP contribution in [0.1, 0.15) is 5.56 Å². The standard InChI is InChI=1S/C11H15FN2O/c12-11-6-9(1-2-14-11)5-10-7-13-3-4-15-8-10/h1-2,6,10,13H,3-5,7-8H2. The smallest absolute Gasteiger partial charge is 0.213 e. The first-order valence-electron chi connectivity index (χ1n) is 5.23. The summed E-state index contributed by atoms with van der Waals surface area (Å²) in [6.45, 7) is 3.35. The molecule has 82 valence electrons. The van der Waals surface area contributed by atoms with Crippen molar-refractivity contribution in [2.24, 2.45) is 5.92 Å². The van der Waals surface area contributed by atoms with E-state index in [0.717, 1.165) is 38.3 Å². The van der Waals surface area contributed by atoms with Crippen LogP contribution in [0.2, 0.25) is 0 Å². The highest BCUT2D eigenvalue weighted by molar-refractivity contribution is 5.11. The van der Waals surface area contributed by atoms with Gasteiger partial charge >= 0.3 is 0 Å². The molecule has 1 unspecified atom stereocenters. The van der Waals surface area contributed by atoms with Crippen LogP contribution in [-0.4, -0.2) is 31.3 Å². The quantitative estimate of drug-likeness (QED) is 0.739. The van der Waals surface area contributed by atoms with Gasteiger partial charge < -0.3 is 10.1 Å². The van der Waals surface area contributed by atoms with Crippen LogP contribution >= 0.6 is 0 Å². The van der Waals surface area contributed by atoms with Crippen LogP contribution in [0.25, 0.3) is 0 Å². The molecule has 0 saturated carbocycles. The van der Waals surface area contributed by atoms with Gasteiger partial charge in [0.2, 0.25) is 5.95 Å². The Morgan fingerprint density at radius 3 is 3.40 bits per heavy atom. The van der Waals surface area contributed by atoms with E-state index in [-0.39, 0.29) is 0 Å². The Hall–Kier alpha value is -1.00. The van der Waals surface area contributed by atoms with Crippen molar-refractivity contribution >= 4 is 0 Å². The van der Waals surface area contributed by atoms with E-state index < -0.39 is 5.95 Å². The van der Waals surface area contributed by atoms with E-state index in [1.54, 1.807) is 0 Å². The van der Waals surface area contributed by atoms with Crippen LogP contribution in [0, 0.1) is 11.9 Å². The molecule has 1 aromatic heterocycles. The number of hydrogen-bond donors (Lipinski definition) is 1. The summed E-state index contributed by atoms with van der Waals surface area (Å²) in [6.07, 6.45) is 2.35. The molecule has 0 spiro atoms. The number of nitrogens with one attached hydrogen (secondary N) is 1. The van der Waals surface area contributed by atoms with Gasteiger partial charge in [-0.1, -0.05) is 0 Å². The first-order chi connectivity index (χ1) is 7.34. The predicted octanol–water partition coefficient (Wildman–Crippen LogP) is 0.999. The van der Waals surface area contributed by atoms with Crippen molar-refractivity contribution in [3.8, 4) is 0 Å². The Bertz CT molecular complexity index is 311. The van der Waals surface area contributed by atoms with Gasteiger partial charge in [0.05, 0.1) is 13.2 Å². The molecule has 4 heteroatoms. The first-order valence-corrected chi connectivity index (χ1v) is 5.23. The molecule has 1 atom stereocenters. The van der Waals surface area contributed by atoms with Gasteiger partial charge in [-0.15, -0.1) is 0 Å². The molecule has 1 aliphatic heterocycles. The lowest BCUT2D eigenvalue weighted by atomic mass is 10.0. The predicted molar refractivity (Wildman–Crippen MR) is 55.1 cm³/mol. The van der Waals surface area contributed by atoms with Crippen molar-refractivity contribution in [1.29, 1.82) is 0 Å². The maximum atomic E-state index is 12.8. The molecule has 2 rings (SSSR count). The number of hydrogen-bond acceptors (Lipinski definition) is 3. The topological polar surface area (TPSA) is 34.1 Å². The molecule has 2 heterocycles. The number of aromatic nitrogens is 1. The second-order valence-corrected chi connectivity index (χ2v) is 3.84. The second kappa shape index (κ2) is 5.19. The number of rotatable bonds is 2. The van der Waals surface area contributed by atoms with Gasteiger partial charge in [-0.25, -0.2) is 4.98 Å². The van der Waals surface area contributed by atoms with Gasteiger partial charge in [0.25, 0.3) is 0 Å². The SMILES string of the molecule is Fc1cc(CC2CNCCOC2)ccn1. The molecule has 1 saturated heterocycles. The summed E-state index contributed by atoms with van der Waals surface area (Å²) in [5.41, 5.74) is 0.986. The maximum Gasteiger partial charge on any atom is 0.213 e. The number of nitrogens with zero attached hydrogens (tertiary/aromatic N) is 1. The summed E-state index contributed by atoms with van der Waals surface area (Å²) in [6, 6.07) is 3.35. The summed E-state index contributed by atoms with van der Waals surface area (Å²) >= 11 is 0. The van der Waals surface area contributed by atoms with E-state index >= 15 is 0 Å². The molecule has 1 aromatic rings. The van der Waals surface area contributed by atoms with E-state index in [2.05, 4.69) is 10.3 Å². The van der Waals surface area contributed by atoms with E-state index in [9.17, 15) is 4.39 Å². The number of ether oxygens (including phenoxy) is 1. The fourth-order valence-corrected chi connectivity index (χ4v) is 1.79. The molecule has 15 heavy (non-hydrogen) atoms. The molecule has 1 aliphatic rings. The van der Waals surface area contributed by atoms with Gasteiger partial charge in [-0.2, -0.15) is 4.39 Å². The van der Waals surface area contributed by atoms with E-state index in [1.165, 1.54) is 12.3 Å². The van der Waals surface area contributed by atoms with Gasteiger partial charge in [0, 0.05) is 19.3 Å². The molecular weight excluding hydrogens is 195 g/mol. The summed E-state index contributed by atoms with van der Waals surface area (Å²) in [5, 5.41) is 3.30. The average Bonchev–Trinajstić information content (AvgIpc) is 2.46. The van der Waals surface area contributed by atoms with E-state index in [1.807, 2.05) is 6.07 Å². The summed E-state index contributed by atoms with van der Waals surface area (Å²) in [7, 11) is 0. The second-order valence-electron chi connectivity index (χ2n) is 3.84. The van der Waals surface area contributed by atoms with Crippen molar-refractivity contribution in [2.45, 2.75) is 6.42 Å².